The van der Waals surface area contributed by atoms with Gasteiger partial charge in [0, 0.05) is 31.3 Å². The summed E-state index contributed by atoms with van der Waals surface area (Å²) < 4.78 is 5.45. The number of urea groups is 1. The highest BCUT2D eigenvalue weighted by molar-refractivity contribution is 7.99. The third-order valence-electron chi connectivity index (χ3n) is 4.78. The van der Waals surface area contributed by atoms with Crippen LogP contribution in [0.4, 0.5) is 4.79 Å². The third-order valence-corrected chi connectivity index (χ3v) is 5.58. The fourth-order valence-electron chi connectivity index (χ4n) is 3.07. The first-order chi connectivity index (χ1) is 13.0. The zero-order valence-electron chi connectivity index (χ0n) is 16.7. The van der Waals surface area contributed by atoms with Gasteiger partial charge in [0.25, 0.3) is 11.1 Å². The molecule has 2 rings (SSSR count). The minimum atomic E-state index is -0.106. The number of Topliss-reactive ketones (excluding diaryl/α,β-unsaturated/α-hetero) is 1. The lowest BCUT2D eigenvalue weighted by atomic mass is 9.96. The van der Waals surface area contributed by atoms with Gasteiger partial charge >= 0.3 is 6.03 Å². The molecule has 152 valence electrons. The molecule has 1 fully saturated rings. The van der Waals surface area contributed by atoms with Crippen LogP contribution in [-0.4, -0.2) is 51.8 Å². The largest absolute Gasteiger partial charge is 0.408 e. The second kappa shape index (κ2) is 11.3. The van der Waals surface area contributed by atoms with Gasteiger partial charge in [-0.25, -0.2) is 4.79 Å². The van der Waals surface area contributed by atoms with Crippen LogP contribution in [0, 0.1) is 5.92 Å². The van der Waals surface area contributed by atoms with Crippen molar-refractivity contribution in [2.45, 2.75) is 77.0 Å². The van der Waals surface area contributed by atoms with Crippen LogP contribution in [0.5, 0.6) is 0 Å². The van der Waals surface area contributed by atoms with Crippen molar-refractivity contribution in [1.82, 2.24) is 20.4 Å². The number of amides is 2. The molecule has 0 aliphatic heterocycles. The van der Waals surface area contributed by atoms with Crippen molar-refractivity contribution in [3.05, 3.63) is 5.89 Å². The van der Waals surface area contributed by atoms with E-state index in [1.807, 2.05) is 6.92 Å². The van der Waals surface area contributed by atoms with E-state index in [4.69, 9.17) is 4.42 Å². The smallest absolute Gasteiger partial charge is 0.317 e. The van der Waals surface area contributed by atoms with E-state index in [1.165, 1.54) is 31.0 Å². The normalized spacial score (nSPS) is 15.1. The van der Waals surface area contributed by atoms with E-state index < -0.39 is 0 Å². The lowest BCUT2D eigenvalue weighted by molar-refractivity contribution is 0.0936. The van der Waals surface area contributed by atoms with Crippen LogP contribution in [0.2, 0.25) is 0 Å². The summed E-state index contributed by atoms with van der Waals surface area (Å²) >= 11 is 1.38. The molecule has 8 heteroatoms. The molecule has 0 unspecified atom stereocenters. The molecule has 1 aliphatic rings. The highest BCUT2D eigenvalue weighted by Crippen LogP contribution is 2.19. The summed E-state index contributed by atoms with van der Waals surface area (Å²) in [7, 11) is 0. The number of nitrogens with one attached hydrogen (secondary N) is 1. The number of hydrogen-bond acceptors (Lipinski definition) is 6. The molecule has 1 heterocycles. The number of aromatic nitrogens is 2. The molecule has 27 heavy (non-hydrogen) atoms. The maximum atomic E-state index is 12.4. The fourth-order valence-corrected chi connectivity index (χ4v) is 3.79. The van der Waals surface area contributed by atoms with Crippen molar-refractivity contribution in [2.24, 2.45) is 5.92 Å². The topological polar surface area (TPSA) is 88.3 Å². The number of rotatable bonds is 10. The maximum Gasteiger partial charge on any atom is 0.317 e. The molecule has 1 aromatic rings. The van der Waals surface area contributed by atoms with Crippen molar-refractivity contribution < 1.29 is 14.0 Å². The predicted octanol–water partition coefficient (Wildman–Crippen LogP) is 4.14. The summed E-state index contributed by atoms with van der Waals surface area (Å²) in [6.45, 7) is 7.38. The Bertz CT molecular complexity index is 600. The van der Waals surface area contributed by atoms with E-state index in [9.17, 15) is 9.59 Å². The summed E-state index contributed by atoms with van der Waals surface area (Å²) in [6, 6.07) is 0.309. The average molecular weight is 397 g/mol. The fraction of sp³-hybridized carbons (Fsp3) is 0.789. The van der Waals surface area contributed by atoms with E-state index in [2.05, 4.69) is 29.4 Å². The second-order valence-corrected chi connectivity index (χ2v) is 8.49. The van der Waals surface area contributed by atoms with Gasteiger partial charge in [0.05, 0.1) is 0 Å². The van der Waals surface area contributed by atoms with Gasteiger partial charge in [-0.2, -0.15) is 0 Å². The van der Waals surface area contributed by atoms with Gasteiger partial charge in [-0.05, 0) is 32.1 Å². The van der Waals surface area contributed by atoms with Crippen LogP contribution in [-0.2, 0) is 0 Å². The molecular formula is C19H32N4O3S. The molecule has 0 bridgehead atoms. The van der Waals surface area contributed by atoms with Crippen LogP contribution in [0.3, 0.4) is 0 Å². The van der Waals surface area contributed by atoms with E-state index in [0.717, 1.165) is 19.3 Å². The Morgan fingerprint density at radius 2 is 2.00 bits per heavy atom. The highest BCUT2D eigenvalue weighted by atomic mass is 32.2. The summed E-state index contributed by atoms with van der Waals surface area (Å²) in [4.78, 5) is 26.2. The number of thioether (sulfide) groups is 1. The minimum absolute atomic E-state index is 0.0000753. The van der Waals surface area contributed by atoms with E-state index >= 15 is 0 Å². The third kappa shape index (κ3) is 7.52. The number of ketones is 1. The summed E-state index contributed by atoms with van der Waals surface area (Å²) in [5, 5.41) is 11.3. The van der Waals surface area contributed by atoms with Crippen molar-refractivity contribution in [3.63, 3.8) is 0 Å². The Labute approximate surface area is 166 Å². The van der Waals surface area contributed by atoms with Crippen molar-refractivity contribution in [3.8, 4) is 0 Å². The lowest BCUT2D eigenvalue weighted by Gasteiger charge is -2.27. The van der Waals surface area contributed by atoms with Gasteiger partial charge in [-0.1, -0.05) is 44.9 Å². The molecule has 7 nitrogen and oxygen atoms in total. The van der Waals surface area contributed by atoms with Crippen LogP contribution >= 0.6 is 11.8 Å². The predicted molar refractivity (Wildman–Crippen MR) is 106 cm³/mol. The van der Waals surface area contributed by atoms with Gasteiger partial charge in [-0.3, -0.25) is 4.79 Å². The summed E-state index contributed by atoms with van der Waals surface area (Å²) in [5.74, 6) is 1.09. The Kier molecular flexibility index (Phi) is 9.10. The van der Waals surface area contributed by atoms with Gasteiger partial charge in [0.15, 0.2) is 0 Å². The molecule has 0 radical (unpaired) electrons. The number of hydrogen-bond donors (Lipinski definition) is 1. The van der Waals surface area contributed by atoms with Crippen LogP contribution in [0.15, 0.2) is 9.64 Å². The van der Waals surface area contributed by atoms with E-state index in [0.29, 0.717) is 42.4 Å². The number of carbonyl (C=O) groups is 2. The zero-order chi connectivity index (χ0) is 19.6. The molecule has 0 aromatic carbocycles. The van der Waals surface area contributed by atoms with Crippen LogP contribution in [0.1, 0.15) is 76.4 Å². The van der Waals surface area contributed by atoms with Gasteiger partial charge in [-0.15, -0.1) is 10.2 Å². The van der Waals surface area contributed by atoms with Gasteiger partial charge < -0.3 is 14.6 Å². The first-order valence-electron chi connectivity index (χ1n) is 10.0. The minimum Gasteiger partial charge on any atom is -0.408 e. The second-order valence-electron chi connectivity index (χ2n) is 7.44. The van der Waals surface area contributed by atoms with Crippen molar-refractivity contribution >= 4 is 23.6 Å². The van der Waals surface area contributed by atoms with Gasteiger partial charge in [0.2, 0.25) is 5.78 Å². The summed E-state index contributed by atoms with van der Waals surface area (Å²) in [5.41, 5.74) is 0. The van der Waals surface area contributed by atoms with E-state index in [-0.39, 0.29) is 17.7 Å². The quantitative estimate of drug-likeness (QED) is 0.472. The number of nitrogens with zero attached hydrogens (tertiary/aromatic N) is 3. The molecule has 0 atom stereocenters. The average Bonchev–Trinajstić information content (AvgIpc) is 3.13. The zero-order valence-corrected chi connectivity index (χ0v) is 17.5. The van der Waals surface area contributed by atoms with Crippen molar-refractivity contribution in [2.75, 3.05) is 18.8 Å². The monoisotopic (exact) mass is 396 g/mol. The SMILES string of the molecule is CCN(CCSc1nnc(C(=O)CCC(C)C)o1)C(=O)NC1CCCCC1. The van der Waals surface area contributed by atoms with E-state index in [1.54, 1.807) is 4.90 Å². The molecule has 1 saturated carbocycles. The standard InChI is InChI=1S/C19H32N4O3S/c1-4-23(18(25)20-15-8-6-5-7-9-15)12-13-27-19-22-21-17(26-19)16(24)11-10-14(2)3/h14-15H,4-13H2,1-3H3,(H,20,25). The highest BCUT2D eigenvalue weighted by Gasteiger charge is 2.20. The summed E-state index contributed by atoms with van der Waals surface area (Å²) in [6.07, 6.45) is 7.05. The Hall–Kier alpha value is -1.57. The molecule has 1 aromatic heterocycles. The first kappa shape index (κ1) is 21.7. The molecule has 2 amide bonds. The molecule has 0 spiro atoms. The first-order valence-corrected chi connectivity index (χ1v) is 11.0. The Balaban J connectivity index is 1.73. The molecule has 1 N–H and O–H groups in total. The number of carbonyl (C=O) groups excluding carboxylic acids is 2. The Morgan fingerprint density at radius 1 is 1.26 bits per heavy atom. The lowest BCUT2D eigenvalue weighted by Crippen LogP contribution is -2.46. The van der Waals surface area contributed by atoms with Crippen LogP contribution < -0.4 is 5.32 Å². The van der Waals surface area contributed by atoms with Gasteiger partial charge in [0.1, 0.15) is 0 Å². The maximum absolute atomic E-state index is 12.4. The van der Waals surface area contributed by atoms with Crippen LogP contribution in [0.25, 0.3) is 0 Å². The molecular weight excluding hydrogens is 364 g/mol. The molecule has 0 saturated heterocycles. The van der Waals surface area contributed by atoms with Crippen molar-refractivity contribution in [1.29, 1.82) is 0 Å². The molecule has 1 aliphatic carbocycles. The Morgan fingerprint density at radius 3 is 2.67 bits per heavy atom.